The van der Waals surface area contributed by atoms with Crippen molar-refractivity contribution < 1.29 is 13.8 Å². The zero-order chi connectivity index (χ0) is 24.2. The molecule has 0 bridgehead atoms. The lowest BCUT2D eigenvalue weighted by atomic mass is 10.1. The monoisotopic (exact) mass is 492 g/mol. The third-order valence-electron chi connectivity index (χ3n) is 5.98. The van der Waals surface area contributed by atoms with Crippen LogP contribution in [0, 0.1) is 6.92 Å². The molecule has 0 atom stereocenters. The molecule has 35 heavy (non-hydrogen) atoms. The van der Waals surface area contributed by atoms with Crippen molar-refractivity contribution in [2.45, 2.75) is 26.3 Å². The van der Waals surface area contributed by atoms with Gasteiger partial charge in [0.25, 0.3) is 0 Å². The third kappa shape index (κ3) is 5.75. The van der Waals surface area contributed by atoms with Crippen LogP contribution in [0.5, 0.6) is 0 Å². The van der Waals surface area contributed by atoms with Gasteiger partial charge in [0.15, 0.2) is 0 Å². The van der Waals surface area contributed by atoms with Gasteiger partial charge in [-0.2, -0.15) is 9.97 Å². The molecule has 0 saturated carbocycles. The average molecular weight is 493 g/mol. The lowest BCUT2D eigenvalue weighted by Crippen LogP contribution is -2.48. The number of hydrogen-bond acceptors (Lipinski definition) is 8. The van der Waals surface area contributed by atoms with Gasteiger partial charge in [0.05, 0.1) is 6.54 Å². The highest BCUT2D eigenvalue weighted by atomic mass is 35.5. The Kier molecular flexibility index (Phi) is 6.87. The lowest BCUT2D eigenvalue weighted by molar-refractivity contribution is -0.133. The highest BCUT2D eigenvalue weighted by molar-refractivity contribution is 6.30. The Bertz CT molecular complexity index is 1280. The molecule has 0 spiro atoms. The molecule has 9 nitrogen and oxygen atoms in total. The summed E-state index contributed by atoms with van der Waals surface area (Å²) >= 11 is 5.92. The molecule has 1 saturated heterocycles. The van der Waals surface area contributed by atoms with Crippen molar-refractivity contribution in [1.82, 2.24) is 30.1 Å². The molecule has 180 valence electrons. The van der Waals surface area contributed by atoms with Crippen LogP contribution in [0.2, 0.25) is 5.02 Å². The van der Waals surface area contributed by atoms with E-state index in [-0.39, 0.29) is 5.91 Å². The number of nitrogens with zero attached hydrogens (tertiary/aromatic N) is 6. The number of rotatable bonds is 7. The van der Waals surface area contributed by atoms with Crippen LogP contribution < -0.4 is 0 Å². The van der Waals surface area contributed by atoms with E-state index < -0.39 is 0 Å². The molecule has 0 radical (unpaired) electrons. The summed E-state index contributed by atoms with van der Waals surface area (Å²) in [5.41, 5.74) is 2.94. The summed E-state index contributed by atoms with van der Waals surface area (Å²) in [5, 5.41) is 8.75. The average Bonchev–Trinajstić information content (AvgIpc) is 3.54. The zero-order valence-electron chi connectivity index (χ0n) is 19.4. The van der Waals surface area contributed by atoms with Crippen LogP contribution >= 0.6 is 11.6 Å². The van der Waals surface area contributed by atoms with Crippen molar-refractivity contribution in [2.75, 3.05) is 26.2 Å². The number of benzene rings is 2. The first-order valence-electron chi connectivity index (χ1n) is 11.5. The highest BCUT2D eigenvalue weighted by Crippen LogP contribution is 2.20. The fraction of sp³-hybridized carbons (Fsp3) is 0.320. The van der Waals surface area contributed by atoms with Crippen molar-refractivity contribution in [3.8, 4) is 22.8 Å². The van der Waals surface area contributed by atoms with E-state index in [0.717, 1.165) is 24.2 Å². The first-order chi connectivity index (χ1) is 17.0. The number of amides is 1. The Labute approximate surface area is 207 Å². The second kappa shape index (κ2) is 10.4. The van der Waals surface area contributed by atoms with Gasteiger partial charge in [-0.05, 0) is 31.2 Å². The van der Waals surface area contributed by atoms with Crippen molar-refractivity contribution in [3.63, 3.8) is 0 Å². The van der Waals surface area contributed by atoms with Crippen molar-refractivity contribution >= 4 is 17.5 Å². The quantitative estimate of drug-likeness (QED) is 0.381. The molecule has 1 fully saturated rings. The molecule has 5 rings (SSSR count). The van der Waals surface area contributed by atoms with Crippen molar-refractivity contribution in [2.24, 2.45) is 0 Å². The predicted molar refractivity (Wildman–Crippen MR) is 129 cm³/mol. The minimum Gasteiger partial charge on any atom is -0.340 e. The van der Waals surface area contributed by atoms with E-state index in [0.29, 0.717) is 60.9 Å². The predicted octanol–water partition coefficient (Wildman–Crippen LogP) is 4.03. The minimum atomic E-state index is 0.0790. The fourth-order valence-corrected chi connectivity index (χ4v) is 4.06. The summed E-state index contributed by atoms with van der Waals surface area (Å²) in [6.07, 6.45) is 0.731. The van der Waals surface area contributed by atoms with Crippen LogP contribution in [0.15, 0.2) is 57.6 Å². The third-order valence-corrected chi connectivity index (χ3v) is 6.24. The van der Waals surface area contributed by atoms with Crippen molar-refractivity contribution in [1.29, 1.82) is 0 Å². The molecule has 1 aliphatic rings. The van der Waals surface area contributed by atoms with E-state index >= 15 is 0 Å². The first kappa shape index (κ1) is 23.2. The lowest BCUT2D eigenvalue weighted by Gasteiger charge is -2.33. The van der Waals surface area contributed by atoms with Gasteiger partial charge in [-0.3, -0.25) is 9.69 Å². The summed E-state index contributed by atoms with van der Waals surface area (Å²) in [4.78, 5) is 25.7. The van der Waals surface area contributed by atoms with Crippen LogP contribution in [0.4, 0.5) is 0 Å². The SMILES string of the molecule is Cc1ccc(-c2noc(CN3CCN(C(=O)CCc4nc(-c5ccc(Cl)cc5)no4)CC3)n2)cc1. The Morgan fingerprint density at radius 2 is 1.43 bits per heavy atom. The standard InChI is InChI=1S/C25H25ClN6O3/c1-17-2-4-18(5-3-17)25-28-22(35-30-25)16-31-12-14-32(15-13-31)23(33)11-10-21-27-24(29-34-21)19-6-8-20(26)9-7-19/h2-9H,10-16H2,1H3. The number of carbonyl (C=O) groups excluding carboxylic acids is 1. The number of aryl methyl sites for hydroxylation is 2. The van der Waals surface area contributed by atoms with Crippen molar-refractivity contribution in [3.05, 3.63) is 70.9 Å². The summed E-state index contributed by atoms with van der Waals surface area (Å²) in [6.45, 7) is 5.40. The Morgan fingerprint density at radius 1 is 0.857 bits per heavy atom. The molecule has 0 aliphatic carbocycles. The molecule has 3 heterocycles. The van der Waals surface area contributed by atoms with Crippen LogP contribution in [0.3, 0.4) is 0 Å². The molecule has 1 amide bonds. The zero-order valence-corrected chi connectivity index (χ0v) is 20.1. The van der Waals surface area contributed by atoms with Gasteiger partial charge < -0.3 is 13.9 Å². The maximum Gasteiger partial charge on any atom is 0.241 e. The summed E-state index contributed by atoms with van der Waals surface area (Å²) < 4.78 is 10.8. The van der Waals surface area contributed by atoms with Crippen LogP contribution in [-0.2, 0) is 17.8 Å². The first-order valence-corrected chi connectivity index (χ1v) is 11.9. The molecule has 1 aliphatic heterocycles. The van der Waals surface area contributed by atoms with Gasteiger partial charge in [-0.25, -0.2) is 0 Å². The van der Waals surface area contributed by atoms with E-state index in [1.54, 1.807) is 12.1 Å². The summed E-state index contributed by atoms with van der Waals surface area (Å²) in [6, 6.07) is 15.2. The molecule has 2 aromatic carbocycles. The highest BCUT2D eigenvalue weighted by Gasteiger charge is 2.23. The van der Waals surface area contributed by atoms with Crippen LogP contribution in [0.25, 0.3) is 22.8 Å². The number of piperazine rings is 1. The van der Waals surface area contributed by atoms with Gasteiger partial charge in [0.2, 0.25) is 29.3 Å². The van der Waals surface area contributed by atoms with Gasteiger partial charge in [-0.15, -0.1) is 0 Å². The molecular weight excluding hydrogens is 468 g/mol. The van der Waals surface area contributed by atoms with Gasteiger partial charge >= 0.3 is 0 Å². The summed E-state index contributed by atoms with van der Waals surface area (Å²) in [7, 11) is 0. The summed E-state index contributed by atoms with van der Waals surface area (Å²) in [5.74, 6) is 2.18. The largest absolute Gasteiger partial charge is 0.340 e. The Morgan fingerprint density at radius 3 is 2.09 bits per heavy atom. The van der Waals surface area contributed by atoms with E-state index in [4.69, 9.17) is 20.6 Å². The van der Waals surface area contributed by atoms with Crippen LogP contribution in [-0.4, -0.2) is 62.2 Å². The van der Waals surface area contributed by atoms with E-state index in [2.05, 4.69) is 25.2 Å². The van der Waals surface area contributed by atoms with Crippen LogP contribution in [0.1, 0.15) is 23.8 Å². The second-order valence-corrected chi connectivity index (χ2v) is 8.99. The van der Waals surface area contributed by atoms with Gasteiger partial charge in [-0.1, -0.05) is 51.7 Å². The minimum absolute atomic E-state index is 0.0790. The number of aromatic nitrogens is 4. The maximum absolute atomic E-state index is 12.7. The van der Waals surface area contributed by atoms with E-state index in [1.165, 1.54) is 5.56 Å². The topological polar surface area (TPSA) is 101 Å². The molecule has 0 unspecified atom stereocenters. The second-order valence-electron chi connectivity index (χ2n) is 8.55. The number of carbonyl (C=O) groups is 1. The normalized spacial score (nSPS) is 14.4. The Balaban J connectivity index is 1.08. The van der Waals surface area contributed by atoms with E-state index in [1.807, 2.05) is 48.2 Å². The smallest absolute Gasteiger partial charge is 0.241 e. The van der Waals surface area contributed by atoms with Gasteiger partial charge in [0.1, 0.15) is 0 Å². The molecule has 2 aromatic heterocycles. The number of halogens is 1. The fourth-order valence-electron chi connectivity index (χ4n) is 3.93. The number of hydrogen-bond donors (Lipinski definition) is 0. The van der Waals surface area contributed by atoms with E-state index in [9.17, 15) is 4.79 Å². The molecule has 4 aromatic rings. The Hall–Kier alpha value is -3.56. The molecule has 0 N–H and O–H groups in total. The maximum atomic E-state index is 12.7. The molecular formula is C25H25ClN6O3. The molecule has 10 heteroatoms. The van der Waals surface area contributed by atoms with Gasteiger partial charge in [0, 0.05) is 55.2 Å².